The van der Waals surface area contributed by atoms with Crippen molar-refractivity contribution in [3.8, 4) is 0 Å². The van der Waals surface area contributed by atoms with E-state index in [0.717, 1.165) is 4.90 Å². The summed E-state index contributed by atoms with van der Waals surface area (Å²) in [5.41, 5.74) is 0.874. The van der Waals surface area contributed by atoms with Gasteiger partial charge in [0.1, 0.15) is 5.82 Å². The Morgan fingerprint density at radius 1 is 1.04 bits per heavy atom. The maximum atomic E-state index is 13.4. The van der Waals surface area contributed by atoms with Crippen LogP contribution in [-0.2, 0) is 20.9 Å². The fourth-order valence-corrected chi connectivity index (χ4v) is 2.65. The Morgan fingerprint density at radius 2 is 1.74 bits per heavy atom. The van der Waals surface area contributed by atoms with Gasteiger partial charge in [-0.2, -0.15) is 0 Å². The molecule has 2 aromatic rings. The van der Waals surface area contributed by atoms with Gasteiger partial charge in [0.25, 0.3) is 5.91 Å². The highest BCUT2D eigenvalue weighted by Crippen LogP contribution is 2.16. The molecule has 1 amide bonds. The predicted molar refractivity (Wildman–Crippen MR) is 101 cm³/mol. The summed E-state index contributed by atoms with van der Waals surface area (Å²) in [5, 5.41) is 2.47. The zero-order valence-electron chi connectivity index (χ0n) is 14.9. The van der Waals surface area contributed by atoms with E-state index in [0.29, 0.717) is 11.1 Å². The molecule has 0 radical (unpaired) electrons. The van der Waals surface area contributed by atoms with E-state index in [9.17, 15) is 18.8 Å². The summed E-state index contributed by atoms with van der Waals surface area (Å²) in [4.78, 5) is 36.5. The van der Waals surface area contributed by atoms with E-state index in [4.69, 9.17) is 4.74 Å². The van der Waals surface area contributed by atoms with Gasteiger partial charge in [-0.25, -0.2) is 4.39 Å². The van der Waals surface area contributed by atoms with Gasteiger partial charge in [-0.15, -0.1) is 11.8 Å². The molecule has 1 N–H and O–H groups in total. The van der Waals surface area contributed by atoms with Gasteiger partial charge >= 0.3 is 5.97 Å². The number of carbonyl (C=O) groups excluding carboxylic acids is 3. The Bertz CT molecular complexity index is 808. The summed E-state index contributed by atoms with van der Waals surface area (Å²) < 4.78 is 18.3. The summed E-state index contributed by atoms with van der Waals surface area (Å²) in [5.74, 6) is -1.75. The molecular weight excluding hydrogens is 369 g/mol. The third-order valence-electron chi connectivity index (χ3n) is 3.77. The van der Waals surface area contributed by atoms with Crippen LogP contribution in [0.5, 0.6) is 0 Å². The van der Waals surface area contributed by atoms with Gasteiger partial charge in [0.15, 0.2) is 12.4 Å². The number of halogens is 1. The topological polar surface area (TPSA) is 72.5 Å². The predicted octanol–water partition coefficient (Wildman–Crippen LogP) is 3.37. The molecule has 0 atom stereocenters. The lowest BCUT2D eigenvalue weighted by molar-refractivity contribution is -0.148. The van der Waals surface area contributed by atoms with Crippen molar-refractivity contribution in [1.29, 1.82) is 0 Å². The maximum absolute atomic E-state index is 13.4. The monoisotopic (exact) mass is 389 g/mol. The van der Waals surface area contributed by atoms with Gasteiger partial charge in [0.05, 0.1) is 6.42 Å². The molecule has 0 aliphatic carbocycles. The minimum absolute atomic E-state index is 0.00752. The van der Waals surface area contributed by atoms with E-state index in [2.05, 4.69) is 5.32 Å². The highest BCUT2D eigenvalue weighted by Gasteiger charge is 2.12. The zero-order chi connectivity index (χ0) is 19.6. The number of amides is 1. The van der Waals surface area contributed by atoms with Crippen molar-refractivity contribution in [2.45, 2.75) is 24.3 Å². The molecule has 0 saturated carbocycles. The van der Waals surface area contributed by atoms with Gasteiger partial charge in [-0.3, -0.25) is 14.4 Å². The molecular formula is C20H20FNO4S. The number of carbonyl (C=O) groups is 3. The van der Waals surface area contributed by atoms with Gasteiger partial charge in [0.2, 0.25) is 0 Å². The maximum Gasteiger partial charge on any atom is 0.306 e. The van der Waals surface area contributed by atoms with Crippen molar-refractivity contribution in [3.05, 3.63) is 65.5 Å². The number of esters is 1. The summed E-state index contributed by atoms with van der Waals surface area (Å²) in [7, 11) is 0. The summed E-state index contributed by atoms with van der Waals surface area (Å²) in [6.07, 6.45) is 1.84. The van der Waals surface area contributed by atoms with E-state index in [1.165, 1.54) is 6.07 Å². The molecule has 0 bridgehead atoms. The summed E-state index contributed by atoms with van der Waals surface area (Å²) in [6, 6.07) is 13.2. The Kier molecular flexibility index (Phi) is 8.00. The quantitative estimate of drug-likeness (QED) is 0.404. The standard InChI is InChI=1S/C20H20FNO4S/c1-27-16-8-6-14(7-9-16)18(23)10-11-20(25)26-13-19(24)22-12-15-4-2-3-5-17(15)21/h2-9H,10-13H2,1H3,(H,22,24). The first kappa shape index (κ1) is 20.6. The number of ether oxygens (including phenoxy) is 1. The fourth-order valence-electron chi connectivity index (χ4n) is 2.24. The first-order valence-corrected chi connectivity index (χ1v) is 9.55. The average molecular weight is 389 g/mol. The van der Waals surface area contributed by atoms with Crippen LogP contribution < -0.4 is 5.32 Å². The Morgan fingerprint density at radius 3 is 2.41 bits per heavy atom. The largest absolute Gasteiger partial charge is 0.456 e. The number of Topliss-reactive ketones (excluding diaryl/α,β-unsaturated/α-hetero) is 1. The third-order valence-corrected chi connectivity index (χ3v) is 4.51. The molecule has 0 aliphatic heterocycles. The molecule has 27 heavy (non-hydrogen) atoms. The van der Waals surface area contributed by atoms with E-state index in [-0.39, 0.29) is 25.2 Å². The number of nitrogens with one attached hydrogen (secondary N) is 1. The van der Waals surface area contributed by atoms with E-state index in [1.54, 1.807) is 42.1 Å². The normalized spacial score (nSPS) is 10.3. The van der Waals surface area contributed by atoms with E-state index >= 15 is 0 Å². The second-order valence-corrected chi connectivity index (χ2v) is 6.56. The van der Waals surface area contributed by atoms with Crippen LogP contribution in [0.4, 0.5) is 4.39 Å². The lowest BCUT2D eigenvalue weighted by Crippen LogP contribution is -2.28. The molecule has 0 heterocycles. The molecule has 0 aromatic heterocycles. The van der Waals surface area contributed by atoms with Gasteiger partial charge < -0.3 is 10.1 Å². The number of rotatable bonds is 9. The molecule has 5 nitrogen and oxygen atoms in total. The van der Waals surface area contributed by atoms with Crippen molar-refractivity contribution in [1.82, 2.24) is 5.32 Å². The SMILES string of the molecule is CSc1ccc(C(=O)CCC(=O)OCC(=O)NCc2ccccc2F)cc1. The number of hydrogen-bond acceptors (Lipinski definition) is 5. The fraction of sp³-hybridized carbons (Fsp3) is 0.250. The Labute approximate surface area is 161 Å². The molecule has 2 rings (SSSR count). The number of hydrogen-bond donors (Lipinski definition) is 1. The lowest BCUT2D eigenvalue weighted by atomic mass is 10.1. The van der Waals surface area contributed by atoms with Crippen molar-refractivity contribution in [3.63, 3.8) is 0 Å². The number of benzene rings is 2. The van der Waals surface area contributed by atoms with Gasteiger partial charge in [0, 0.05) is 29.0 Å². The molecule has 0 fully saturated rings. The summed E-state index contributed by atoms with van der Waals surface area (Å²) in [6.45, 7) is -0.461. The smallest absolute Gasteiger partial charge is 0.306 e. The number of thioether (sulfide) groups is 1. The van der Waals surface area contributed by atoms with Crippen LogP contribution in [0.3, 0.4) is 0 Å². The first-order valence-electron chi connectivity index (χ1n) is 8.32. The number of ketones is 1. The minimum Gasteiger partial charge on any atom is -0.456 e. The van der Waals surface area contributed by atoms with Crippen molar-refractivity contribution in [2.24, 2.45) is 0 Å². The molecule has 0 unspecified atom stereocenters. The van der Waals surface area contributed by atoms with Crippen LogP contribution in [-0.4, -0.2) is 30.5 Å². The van der Waals surface area contributed by atoms with Crippen LogP contribution in [0.1, 0.15) is 28.8 Å². The molecule has 0 aliphatic rings. The third kappa shape index (κ3) is 6.86. The average Bonchev–Trinajstić information content (AvgIpc) is 2.69. The van der Waals surface area contributed by atoms with E-state index < -0.39 is 24.3 Å². The van der Waals surface area contributed by atoms with Crippen LogP contribution in [0.15, 0.2) is 53.4 Å². The summed E-state index contributed by atoms with van der Waals surface area (Å²) >= 11 is 1.58. The zero-order valence-corrected chi connectivity index (χ0v) is 15.7. The molecule has 142 valence electrons. The van der Waals surface area contributed by atoms with Gasteiger partial charge in [-0.1, -0.05) is 30.3 Å². The molecule has 7 heteroatoms. The highest BCUT2D eigenvalue weighted by atomic mass is 32.2. The van der Waals surface area contributed by atoms with Gasteiger partial charge in [-0.05, 0) is 24.5 Å². The molecule has 2 aromatic carbocycles. The molecule has 0 saturated heterocycles. The van der Waals surface area contributed by atoms with Crippen molar-refractivity contribution >= 4 is 29.4 Å². The lowest BCUT2D eigenvalue weighted by Gasteiger charge is -2.07. The van der Waals surface area contributed by atoms with Crippen LogP contribution in [0.2, 0.25) is 0 Å². The Hall–Kier alpha value is -2.67. The second kappa shape index (κ2) is 10.5. The van der Waals surface area contributed by atoms with Crippen molar-refractivity contribution < 1.29 is 23.5 Å². The Balaban J connectivity index is 1.68. The van der Waals surface area contributed by atoms with Crippen LogP contribution in [0, 0.1) is 5.82 Å². The first-order chi connectivity index (χ1) is 13.0. The minimum atomic E-state index is -0.634. The van der Waals surface area contributed by atoms with E-state index in [1.807, 2.05) is 18.4 Å². The molecule has 0 spiro atoms. The second-order valence-electron chi connectivity index (χ2n) is 5.68. The van der Waals surface area contributed by atoms with Crippen LogP contribution in [0.25, 0.3) is 0 Å². The van der Waals surface area contributed by atoms with Crippen molar-refractivity contribution in [2.75, 3.05) is 12.9 Å². The highest BCUT2D eigenvalue weighted by molar-refractivity contribution is 7.98. The van der Waals surface area contributed by atoms with Crippen LogP contribution >= 0.6 is 11.8 Å².